The predicted molar refractivity (Wildman–Crippen MR) is 75.4 cm³/mol. The molecule has 0 saturated heterocycles. The van der Waals surface area contributed by atoms with Crippen LogP contribution in [-0.4, -0.2) is 22.3 Å². The van der Waals surface area contributed by atoms with Crippen LogP contribution in [0.25, 0.3) is 11.2 Å². The fourth-order valence-electron chi connectivity index (χ4n) is 2.14. The molecule has 8 heteroatoms. The molecule has 5 nitrogen and oxygen atoms in total. The molecule has 23 heavy (non-hydrogen) atoms. The summed E-state index contributed by atoms with van der Waals surface area (Å²) in [4.78, 5) is 16.0. The topological polar surface area (TPSA) is 57.3 Å². The summed E-state index contributed by atoms with van der Waals surface area (Å²) in [6.45, 7) is -1.40. The zero-order chi connectivity index (χ0) is 16.4. The van der Waals surface area contributed by atoms with E-state index in [0.29, 0.717) is 16.8 Å². The number of ether oxygens (including phenoxy) is 1. The molecule has 0 atom stereocenters. The van der Waals surface area contributed by atoms with Crippen molar-refractivity contribution in [2.45, 2.75) is 12.7 Å². The fourth-order valence-corrected chi connectivity index (χ4v) is 2.14. The SMILES string of the molecule is O=c1oc2cccnc2n1Cc1ccccc1OCC(F)(F)F. The van der Waals surface area contributed by atoms with E-state index in [2.05, 4.69) is 4.98 Å². The van der Waals surface area contributed by atoms with Gasteiger partial charge in [0.2, 0.25) is 0 Å². The van der Waals surface area contributed by atoms with Crippen molar-refractivity contribution in [2.24, 2.45) is 0 Å². The second-order valence-electron chi connectivity index (χ2n) is 4.79. The summed E-state index contributed by atoms with van der Waals surface area (Å²) in [5, 5.41) is 0. The number of rotatable bonds is 4. The third-order valence-corrected chi connectivity index (χ3v) is 3.12. The van der Waals surface area contributed by atoms with Crippen molar-refractivity contribution < 1.29 is 22.3 Å². The van der Waals surface area contributed by atoms with Crippen molar-refractivity contribution in [1.29, 1.82) is 0 Å². The maximum absolute atomic E-state index is 12.3. The molecular formula is C15H11F3N2O3. The normalized spacial score (nSPS) is 11.8. The Morgan fingerprint density at radius 1 is 1.17 bits per heavy atom. The first kappa shape index (κ1) is 15.1. The summed E-state index contributed by atoms with van der Waals surface area (Å²) < 4.78 is 48.1. The maximum Gasteiger partial charge on any atom is 0.422 e. The summed E-state index contributed by atoms with van der Waals surface area (Å²) >= 11 is 0. The average Bonchev–Trinajstić information content (AvgIpc) is 2.82. The van der Waals surface area contributed by atoms with E-state index >= 15 is 0 Å². The lowest BCUT2D eigenvalue weighted by molar-refractivity contribution is -0.153. The second-order valence-corrected chi connectivity index (χ2v) is 4.79. The van der Waals surface area contributed by atoms with Gasteiger partial charge in [-0.3, -0.25) is 4.57 Å². The van der Waals surface area contributed by atoms with Crippen molar-refractivity contribution in [3.8, 4) is 5.75 Å². The molecule has 0 amide bonds. The largest absolute Gasteiger partial charge is 0.484 e. The molecule has 3 rings (SSSR count). The van der Waals surface area contributed by atoms with E-state index in [0.717, 1.165) is 0 Å². The number of fused-ring (bicyclic) bond motifs is 1. The first-order valence-corrected chi connectivity index (χ1v) is 6.66. The number of hydrogen-bond donors (Lipinski definition) is 0. The molecule has 0 fully saturated rings. The quantitative estimate of drug-likeness (QED) is 0.740. The molecule has 0 aliphatic rings. The molecule has 2 aromatic heterocycles. The number of oxazole rings is 1. The highest BCUT2D eigenvalue weighted by Crippen LogP contribution is 2.23. The first-order chi connectivity index (χ1) is 10.9. The van der Waals surface area contributed by atoms with E-state index in [9.17, 15) is 18.0 Å². The lowest BCUT2D eigenvalue weighted by atomic mass is 10.2. The molecular weight excluding hydrogens is 313 g/mol. The van der Waals surface area contributed by atoms with E-state index in [1.807, 2.05) is 0 Å². The van der Waals surface area contributed by atoms with Gasteiger partial charge in [-0.05, 0) is 18.2 Å². The van der Waals surface area contributed by atoms with Gasteiger partial charge in [0.25, 0.3) is 0 Å². The Kier molecular flexibility index (Phi) is 3.81. The Morgan fingerprint density at radius 3 is 2.74 bits per heavy atom. The van der Waals surface area contributed by atoms with Crippen LogP contribution in [0.5, 0.6) is 5.75 Å². The van der Waals surface area contributed by atoms with Gasteiger partial charge in [0.1, 0.15) is 5.75 Å². The number of alkyl halides is 3. The maximum atomic E-state index is 12.3. The minimum Gasteiger partial charge on any atom is -0.484 e. The lowest BCUT2D eigenvalue weighted by Gasteiger charge is -2.13. The molecule has 0 saturated carbocycles. The number of aromatic nitrogens is 2. The highest BCUT2D eigenvalue weighted by molar-refractivity contribution is 5.67. The van der Waals surface area contributed by atoms with Gasteiger partial charge in [0.15, 0.2) is 17.8 Å². The second kappa shape index (κ2) is 5.79. The molecule has 0 bridgehead atoms. The monoisotopic (exact) mass is 324 g/mol. The first-order valence-electron chi connectivity index (χ1n) is 6.66. The highest BCUT2D eigenvalue weighted by atomic mass is 19.4. The van der Waals surface area contributed by atoms with Crippen LogP contribution < -0.4 is 10.5 Å². The van der Waals surface area contributed by atoms with Crippen molar-refractivity contribution in [3.63, 3.8) is 0 Å². The molecule has 0 N–H and O–H groups in total. The predicted octanol–water partition coefficient (Wildman–Crippen LogP) is 2.98. The number of benzene rings is 1. The molecule has 0 aliphatic carbocycles. The molecule has 3 aromatic rings. The van der Waals surface area contributed by atoms with Crippen molar-refractivity contribution in [1.82, 2.24) is 9.55 Å². The van der Waals surface area contributed by atoms with E-state index in [4.69, 9.17) is 9.15 Å². The van der Waals surface area contributed by atoms with Crippen LogP contribution >= 0.6 is 0 Å². The van der Waals surface area contributed by atoms with Crippen molar-refractivity contribution >= 4 is 11.2 Å². The smallest absolute Gasteiger partial charge is 0.422 e. The van der Waals surface area contributed by atoms with Crippen LogP contribution in [0, 0.1) is 0 Å². The highest BCUT2D eigenvalue weighted by Gasteiger charge is 2.28. The van der Waals surface area contributed by atoms with Gasteiger partial charge in [0.05, 0.1) is 6.54 Å². The lowest BCUT2D eigenvalue weighted by Crippen LogP contribution is -2.21. The van der Waals surface area contributed by atoms with Crippen LogP contribution in [0.2, 0.25) is 0 Å². The van der Waals surface area contributed by atoms with Gasteiger partial charge in [-0.1, -0.05) is 18.2 Å². The van der Waals surface area contributed by atoms with E-state index in [1.54, 1.807) is 30.3 Å². The van der Waals surface area contributed by atoms with Gasteiger partial charge in [-0.15, -0.1) is 0 Å². The average molecular weight is 324 g/mol. The van der Waals surface area contributed by atoms with Crippen LogP contribution in [-0.2, 0) is 6.54 Å². The van der Waals surface area contributed by atoms with Gasteiger partial charge in [-0.25, -0.2) is 9.78 Å². The molecule has 0 radical (unpaired) electrons. The fraction of sp³-hybridized carbons (Fsp3) is 0.200. The number of halogens is 3. The number of hydrogen-bond acceptors (Lipinski definition) is 4. The van der Waals surface area contributed by atoms with Crippen LogP contribution in [0.15, 0.2) is 51.8 Å². The van der Waals surface area contributed by atoms with Crippen molar-refractivity contribution in [3.05, 3.63) is 58.7 Å². The standard InChI is InChI=1S/C15H11F3N2O3/c16-15(17,18)9-22-11-5-2-1-4-10(11)8-20-13-12(23-14(20)21)6-3-7-19-13/h1-7H,8-9H2. The Bertz CT molecular complexity index is 883. The molecule has 2 heterocycles. The minimum atomic E-state index is -4.44. The Hall–Kier alpha value is -2.77. The third-order valence-electron chi connectivity index (χ3n) is 3.12. The molecule has 0 aliphatic heterocycles. The third kappa shape index (κ3) is 3.36. The Labute approximate surface area is 127 Å². The number of para-hydroxylation sites is 1. The van der Waals surface area contributed by atoms with Crippen LogP contribution in [0.3, 0.4) is 0 Å². The number of nitrogens with zero attached hydrogens (tertiary/aromatic N) is 2. The summed E-state index contributed by atoms with van der Waals surface area (Å²) in [7, 11) is 0. The minimum absolute atomic E-state index is 0.00310. The number of pyridine rings is 1. The van der Waals surface area contributed by atoms with E-state index in [1.165, 1.54) is 16.8 Å². The molecule has 0 spiro atoms. The Balaban J connectivity index is 1.93. The Morgan fingerprint density at radius 2 is 1.96 bits per heavy atom. The van der Waals surface area contributed by atoms with Gasteiger partial charge in [-0.2, -0.15) is 13.2 Å². The van der Waals surface area contributed by atoms with Gasteiger partial charge in [0, 0.05) is 11.8 Å². The molecule has 0 unspecified atom stereocenters. The van der Waals surface area contributed by atoms with Gasteiger partial charge < -0.3 is 9.15 Å². The summed E-state index contributed by atoms with van der Waals surface area (Å²) in [5.41, 5.74) is 1.06. The molecule has 120 valence electrons. The summed E-state index contributed by atoms with van der Waals surface area (Å²) in [5.74, 6) is -0.577. The summed E-state index contributed by atoms with van der Waals surface area (Å²) in [6.07, 6.45) is -2.94. The van der Waals surface area contributed by atoms with E-state index < -0.39 is 18.5 Å². The van der Waals surface area contributed by atoms with Crippen LogP contribution in [0.1, 0.15) is 5.56 Å². The van der Waals surface area contributed by atoms with Crippen molar-refractivity contribution in [2.75, 3.05) is 6.61 Å². The van der Waals surface area contributed by atoms with Gasteiger partial charge >= 0.3 is 11.9 Å². The van der Waals surface area contributed by atoms with E-state index in [-0.39, 0.29) is 12.3 Å². The molecule has 1 aromatic carbocycles. The van der Waals surface area contributed by atoms with Crippen LogP contribution in [0.4, 0.5) is 13.2 Å². The summed E-state index contributed by atoms with van der Waals surface area (Å²) in [6, 6.07) is 9.42. The zero-order valence-electron chi connectivity index (χ0n) is 11.7. The zero-order valence-corrected chi connectivity index (χ0v) is 11.7.